The Hall–Kier alpha value is -2.04. The molecule has 5 nitrogen and oxygen atoms in total. The van der Waals surface area contributed by atoms with Gasteiger partial charge in [-0.25, -0.2) is 9.59 Å². The van der Waals surface area contributed by atoms with E-state index >= 15 is 0 Å². The second kappa shape index (κ2) is 6.78. The fourth-order valence-corrected chi connectivity index (χ4v) is 1.72. The number of anilines is 1. The van der Waals surface area contributed by atoms with Crippen molar-refractivity contribution in [3.05, 3.63) is 29.8 Å². The van der Waals surface area contributed by atoms with Crippen LogP contribution >= 0.6 is 0 Å². The zero-order chi connectivity index (χ0) is 14.4. The number of carboxylic acids is 1. The maximum atomic E-state index is 11.8. The van der Waals surface area contributed by atoms with Crippen LogP contribution in [0.2, 0.25) is 0 Å². The van der Waals surface area contributed by atoms with Crippen LogP contribution in [-0.4, -0.2) is 23.1 Å². The highest BCUT2D eigenvalue weighted by Gasteiger charge is 2.21. The molecule has 0 aliphatic rings. The van der Waals surface area contributed by atoms with Gasteiger partial charge in [-0.2, -0.15) is 0 Å². The average molecular weight is 264 g/mol. The fourth-order valence-electron chi connectivity index (χ4n) is 1.72. The van der Waals surface area contributed by atoms with Crippen LogP contribution in [0.25, 0.3) is 0 Å². The number of benzene rings is 1. The van der Waals surface area contributed by atoms with E-state index in [2.05, 4.69) is 10.6 Å². The maximum absolute atomic E-state index is 11.8. The van der Waals surface area contributed by atoms with Gasteiger partial charge in [0.1, 0.15) is 6.04 Å². The van der Waals surface area contributed by atoms with Crippen molar-refractivity contribution >= 4 is 17.7 Å². The molecule has 1 aromatic carbocycles. The van der Waals surface area contributed by atoms with Crippen LogP contribution < -0.4 is 10.6 Å². The van der Waals surface area contributed by atoms with Crippen molar-refractivity contribution in [2.45, 2.75) is 33.2 Å². The highest BCUT2D eigenvalue weighted by molar-refractivity contribution is 5.92. The van der Waals surface area contributed by atoms with Crippen LogP contribution in [0.15, 0.2) is 24.3 Å². The lowest BCUT2D eigenvalue weighted by atomic mass is 10.0. The third kappa shape index (κ3) is 4.99. The third-order valence-corrected chi connectivity index (χ3v) is 2.70. The average Bonchev–Trinajstić information content (AvgIpc) is 2.30. The summed E-state index contributed by atoms with van der Waals surface area (Å²) in [5.41, 5.74) is 1.60. The van der Waals surface area contributed by atoms with Gasteiger partial charge in [-0.1, -0.05) is 32.0 Å². The van der Waals surface area contributed by atoms with E-state index < -0.39 is 18.0 Å². The first-order chi connectivity index (χ1) is 8.90. The summed E-state index contributed by atoms with van der Waals surface area (Å²) >= 11 is 0. The van der Waals surface area contributed by atoms with Crippen LogP contribution in [0.3, 0.4) is 0 Å². The molecule has 0 aliphatic carbocycles. The molecule has 0 radical (unpaired) electrons. The number of carboxylic acid groups (broad SMARTS) is 1. The first kappa shape index (κ1) is 15.0. The number of para-hydroxylation sites is 1. The molecular formula is C14H20N2O3. The van der Waals surface area contributed by atoms with Crippen molar-refractivity contribution in [3.63, 3.8) is 0 Å². The van der Waals surface area contributed by atoms with Gasteiger partial charge in [0, 0.05) is 5.69 Å². The summed E-state index contributed by atoms with van der Waals surface area (Å²) in [4.78, 5) is 22.8. The van der Waals surface area contributed by atoms with E-state index in [-0.39, 0.29) is 5.92 Å². The largest absolute Gasteiger partial charge is 0.480 e. The van der Waals surface area contributed by atoms with Gasteiger partial charge < -0.3 is 15.7 Å². The Kier molecular flexibility index (Phi) is 5.36. The van der Waals surface area contributed by atoms with E-state index in [4.69, 9.17) is 5.11 Å². The van der Waals surface area contributed by atoms with Gasteiger partial charge in [-0.05, 0) is 30.9 Å². The van der Waals surface area contributed by atoms with E-state index in [1.807, 2.05) is 39.0 Å². The fraction of sp³-hybridized carbons (Fsp3) is 0.429. The van der Waals surface area contributed by atoms with Gasteiger partial charge in [0.25, 0.3) is 0 Å². The van der Waals surface area contributed by atoms with Crippen molar-refractivity contribution in [1.82, 2.24) is 5.32 Å². The predicted molar refractivity (Wildman–Crippen MR) is 74.2 cm³/mol. The Labute approximate surface area is 113 Å². The minimum absolute atomic E-state index is 0.194. The molecule has 19 heavy (non-hydrogen) atoms. The molecule has 0 fully saturated rings. The molecule has 2 amide bonds. The highest BCUT2D eigenvalue weighted by atomic mass is 16.4. The summed E-state index contributed by atoms with van der Waals surface area (Å²) in [6.07, 6.45) is 0.399. The van der Waals surface area contributed by atoms with E-state index in [1.54, 1.807) is 6.07 Å². The van der Waals surface area contributed by atoms with Crippen molar-refractivity contribution in [2.75, 3.05) is 5.32 Å². The Balaban J connectivity index is 2.63. The van der Waals surface area contributed by atoms with Crippen LogP contribution in [0.5, 0.6) is 0 Å². The number of amides is 2. The molecule has 0 saturated heterocycles. The molecule has 0 bridgehead atoms. The summed E-state index contributed by atoms with van der Waals surface area (Å²) in [5, 5.41) is 14.2. The number of aliphatic carboxylic acids is 1. The maximum Gasteiger partial charge on any atom is 0.326 e. The second-order valence-corrected chi connectivity index (χ2v) is 4.93. The van der Waals surface area contributed by atoms with Gasteiger partial charge in [0.05, 0.1) is 0 Å². The normalized spacial score (nSPS) is 12.0. The van der Waals surface area contributed by atoms with Crippen molar-refractivity contribution in [1.29, 1.82) is 0 Å². The second-order valence-electron chi connectivity index (χ2n) is 4.93. The number of carbonyl (C=O) groups excluding carboxylic acids is 1. The quantitative estimate of drug-likeness (QED) is 0.765. The molecule has 1 aromatic rings. The third-order valence-electron chi connectivity index (χ3n) is 2.70. The SMILES string of the molecule is Cc1ccccc1NC(=O)NC(CC(C)C)C(=O)O. The molecule has 0 aliphatic heterocycles. The van der Waals surface area contributed by atoms with Crippen LogP contribution in [0, 0.1) is 12.8 Å². The van der Waals surface area contributed by atoms with Gasteiger partial charge in [0.15, 0.2) is 0 Å². The standard InChI is InChI=1S/C14H20N2O3/c1-9(2)8-12(13(17)18)16-14(19)15-11-7-5-4-6-10(11)3/h4-7,9,12H,8H2,1-3H3,(H,17,18)(H2,15,16,19). The molecule has 3 N–H and O–H groups in total. The summed E-state index contributed by atoms with van der Waals surface area (Å²) in [7, 11) is 0. The van der Waals surface area contributed by atoms with E-state index in [0.29, 0.717) is 12.1 Å². The van der Waals surface area contributed by atoms with Crippen LogP contribution in [-0.2, 0) is 4.79 Å². The molecule has 1 unspecified atom stereocenters. The highest BCUT2D eigenvalue weighted by Crippen LogP contribution is 2.13. The summed E-state index contributed by atoms with van der Waals surface area (Å²) in [6, 6.07) is 5.96. The number of rotatable bonds is 5. The zero-order valence-corrected chi connectivity index (χ0v) is 11.4. The minimum atomic E-state index is -1.02. The minimum Gasteiger partial charge on any atom is -0.480 e. The summed E-state index contributed by atoms with van der Waals surface area (Å²) < 4.78 is 0. The molecule has 0 aromatic heterocycles. The number of nitrogens with one attached hydrogen (secondary N) is 2. The molecule has 104 valence electrons. The number of carbonyl (C=O) groups is 2. The van der Waals surface area contributed by atoms with Gasteiger partial charge in [0.2, 0.25) is 0 Å². The lowest BCUT2D eigenvalue weighted by molar-refractivity contribution is -0.139. The zero-order valence-electron chi connectivity index (χ0n) is 11.4. The molecule has 5 heteroatoms. The van der Waals surface area contributed by atoms with Crippen LogP contribution in [0.1, 0.15) is 25.8 Å². The number of urea groups is 1. The van der Waals surface area contributed by atoms with Gasteiger partial charge in [-0.3, -0.25) is 0 Å². The van der Waals surface area contributed by atoms with Gasteiger partial charge >= 0.3 is 12.0 Å². The molecule has 0 heterocycles. The first-order valence-corrected chi connectivity index (χ1v) is 6.26. The van der Waals surface area contributed by atoms with E-state index in [1.165, 1.54) is 0 Å². The van der Waals surface area contributed by atoms with Crippen molar-refractivity contribution in [2.24, 2.45) is 5.92 Å². The van der Waals surface area contributed by atoms with E-state index in [0.717, 1.165) is 5.56 Å². The van der Waals surface area contributed by atoms with E-state index in [9.17, 15) is 9.59 Å². The smallest absolute Gasteiger partial charge is 0.326 e. The molecule has 0 saturated carbocycles. The predicted octanol–water partition coefficient (Wildman–Crippen LogP) is 2.62. The number of hydrogen-bond donors (Lipinski definition) is 3. The summed E-state index contributed by atoms with van der Waals surface area (Å²) in [6.45, 7) is 5.70. The molecular weight excluding hydrogens is 244 g/mol. The molecule has 0 spiro atoms. The lowest BCUT2D eigenvalue weighted by Gasteiger charge is -2.17. The van der Waals surface area contributed by atoms with Crippen molar-refractivity contribution < 1.29 is 14.7 Å². The lowest BCUT2D eigenvalue weighted by Crippen LogP contribution is -2.43. The topological polar surface area (TPSA) is 78.4 Å². The Bertz CT molecular complexity index is 458. The van der Waals surface area contributed by atoms with Crippen molar-refractivity contribution in [3.8, 4) is 0 Å². The summed E-state index contributed by atoms with van der Waals surface area (Å²) in [5.74, 6) is -0.825. The molecule has 1 rings (SSSR count). The number of aryl methyl sites for hydroxylation is 1. The van der Waals surface area contributed by atoms with Crippen LogP contribution in [0.4, 0.5) is 10.5 Å². The Morgan fingerprint density at radius 3 is 2.42 bits per heavy atom. The first-order valence-electron chi connectivity index (χ1n) is 6.26. The van der Waals surface area contributed by atoms with Gasteiger partial charge in [-0.15, -0.1) is 0 Å². The monoisotopic (exact) mass is 264 g/mol. The molecule has 1 atom stereocenters. The Morgan fingerprint density at radius 1 is 1.26 bits per heavy atom. The number of hydrogen-bond acceptors (Lipinski definition) is 2. The Morgan fingerprint density at radius 2 is 1.89 bits per heavy atom.